The van der Waals surface area contributed by atoms with Gasteiger partial charge in [0.15, 0.2) is 0 Å². The Morgan fingerprint density at radius 3 is 2.56 bits per heavy atom. The quantitative estimate of drug-likeness (QED) is 0.796. The molecule has 0 spiro atoms. The molecule has 0 aliphatic carbocycles. The Labute approximate surface area is 96.6 Å². The third-order valence-electron chi connectivity index (χ3n) is 3.01. The standard InChI is InChI=1S/C13H19NO2/c1-8-5-11(13(15)16-4)6-12(10(8)3)9(2)7-14/h5-6,9H,7,14H2,1-4H3. The number of carbonyl (C=O) groups is 1. The number of aryl methyl sites for hydroxylation is 1. The van der Waals surface area contributed by atoms with Crippen LogP contribution in [-0.4, -0.2) is 19.6 Å². The summed E-state index contributed by atoms with van der Waals surface area (Å²) in [5.41, 5.74) is 9.69. The van der Waals surface area contributed by atoms with Crippen molar-refractivity contribution >= 4 is 5.97 Å². The van der Waals surface area contributed by atoms with E-state index in [9.17, 15) is 4.79 Å². The van der Waals surface area contributed by atoms with Gasteiger partial charge in [-0.3, -0.25) is 0 Å². The molecule has 1 unspecified atom stereocenters. The van der Waals surface area contributed by atoms with Crippen LogP contribution in [0.25, 0.3) is 0 Å². The fourth-order valence-corrected chi connectivity index (χ4v) is 1.76. The maximum Gasteiger partial charge on any atom is 0.337 e. The molecule has 1 aromatic rings. The van der Waals surface area contributed by atoms with E-state index in [1.807, 2.05) is 19.1 Å². The van der Waals surface area contributed by atoms with Crippen LogP contribution in [0.2, 0.25) is 0 Å². The number of hydrogen-bond donors (Lipinski definition) is 1. The van der Waals surface area contributed by atoms with Gasteiger partial charge < -0.3 is 10.5 Å². The number of esters is 1. The van der Waals surface area contributed by atoms with Crippen LogP contribution in [0.15, 0.2) is 12.1 Å². The molecule has 0 heterocycles. The minimum Gasteiger partial charge on any atom is -0.465 e. The maximum absolute atomic E-state index is 11.5. The molecule has 16 heavy (non-hydrogen) atoms. The van der Waals surface area contributed by atoms with Crippen LogP contribution < -0.4 is 5.73 Å². The van der Waals surface area contributed by atoms with Crippen LogP contribution >= 0.6 is 0 Å². The second-order valence-electron chi connectivity index (χ2n) is 4.14. The molecule has 0 aliphatic heterocycles. The highest BCUT2D eigenvalue weighted by atomic mass is 16.5. The topological polar surface area (TPSA) is 52.3 Å². The van der Waals surface area contributed by atoms with Gasteiger partial charge in [0.1, 0.15) is 0 Å². The third-order valence-corrected chi connectivity index (χ3v) is 3.01. The van der Waals surface area contributed by atoms with Gasteiger partial charge in [0.05, 0.1) is 12.7 Å². The summed E-state index contributed by atoms with van der Waals surface area (Å²) in [6, 6.07) is 3.74. The van der Waals surface area contributed by atoms with Gasteiger partial charge in [-0.2, -0.15) is 0 Å². The summed E-state index contributed by atoms with van der Waals surface area (Å²) in [4.78, 5) is 11.5. The minimum atomic E-state index is -0.298. The van der Waals surface area contributed by atoms with E-state index in [1.54, 1.807) is 0 Å². The Kier molecular flexibility index (Phi) is 4.07. The molecule has 0 saturated heterocycles. The van der Waals surface area contributed by atoms with E-state index < -0.39 is 0 Å². The van der Waals surface area contributed by atoms with Crippen LogP contribution in [0.5, 0.6) is 0 Å². The van der Waals surface area contributed by atoms with E-state index in [-0.39, 0.29) is 11.9 Å². The molecule has 3 heteroatoms. The Hall–Kier alpha value is -1.35. The van der Waals surface area contributed by atoms with Crippen molar-refractivity contribution in [2.75, 3.05) is 13.7 Å². The lowest BCUT2D eigenvalue weighted by molar-refractivity contribution is 0.0600. The fourth-order valence-electron chi connectivity index (χ4n) is 1.76. The molecule has 0 aliphatic rings. The van der Waals surface area contributed by atoms with Crippen molar-refractivity contribution in [3.63, 3.8) is 0 Å². The first-order chi connectivity index (χ1) is 7.51. The monoisotopic (exact) mass is 221 g/mol. The molecular formula is C13H19NO2. The van der Waals surface area contributed by atoms with Gasteiger partial charge >= 0.3 is 5.97 Å². The first-order valence-corrected chi connectivity index (χ1v) is 5.40. The van der Waals surface area contributed by atoms with Crippen LogP contribution in [0, 0.1) is 13.8 Å². The van der Waals surface area contributed by atoms with Crippen LogP contribution in [0.1, 0.15) is 39.9 Å². The zero-order chi connectivity index (χ0) is 12.3. The van der Waals surface area contributed by atoms with Crippen molar-refractivity contribution in [1.82, 2.24) is 0 Å². The number of carbonyl (C=O) groups excluding carboxylic acids is 1. The fraction of sp³-hybridized carbons (Fsp3) is 0.462. The summed E-state index contributed by atoms with van der Waals surface area (Å²) in [6.45, 7) is 6.68. The lowest BCUT2D eigenvalue weighted by Crippen LogP contribution is -2.12. The number of ether oxygens (including phenoxy) is 1. The van der Waals surface area contributed by atoms with Crippen molar-refractivity contribution in [2.24, 2.45) is 5.73 Å². The van der Waals surface area contributed by atoms with E-state index in [4.69, 9.17) is 10.5 Å². The Morgan fingerprint density at radius 1 is 1.44 bits per heavy atom. The lowest BCUT2D eigenvalue weighted by atomic mass is 9.91. The Bertz CT molecular complexity index is 399. The maximum atomic E-state index is 11.5. The first-order valence-electron chi connectivity index (χ1n) is 5.40. The molecule has 0 saturated carbocycles. The number of methoxy groups -OCH3 is 1. The third kappa shape index (κ3) is 2.42. The van der Waals surface area contributed by atoms with Crippen LogP contribution in [-0.2, 0) is 4.74 Å². The molecule has 0 bridgehead atoms. The molecule has 0 fully saturated rings. The smallest absolute Gasteiger partial charge is 0.337 e. The molecule has 0 radical (unpaired) electrons. The van der Waals surface area contributed by atoms with Crippen molar-refractivity contribution in [1.29, 1.82) is 0 Å². The predicted molar refractivity (Wildman–Crippen MR) is 64.7 cm³/mol. The zero-order valence-electron chi connectivity index (χ0n) is 10.3. The normalized spacial score (nSPS) is 12.3. The van der Waals surface area contributed by atoms with Gasteiger partial charge in [-0.15, -0.1) is 0 Å². The highest BCUT2D eigenvalue weighted by molar-refractivity contribution is 5.90. The molecule has 0 aromatic heterocycles. The van der Waals surface area contributed by atoms with E-state index in [0.29, 0.717) is 12.1 Å². The second kappa shape index (κ2) is 5.12. The zero-order valence-corrected chi connectivity index (χ0v) is 10.3. The first kappa shape index (κ1) is 12.7. The number of nitrogens with two attached hydrogens (primary N) is 1. The minimum absolute atomic E-state index is 0.253. The summed E-state index contributed by atoms with van der Waals surface area (Å²) < 4.78 is 4.73. The molecule has 1 aromatic carbocycles. The van der Waals surface area contributed by atoms with Gasteiger partial charge in [0.2, 0.25) is 0 Å². The molecule has 1 atom stereocenters. The van der Waals surface area contributed by atoms with Crippen molar-refractivity contribution < 1.29 is 9.53 Å². The van der Waals surface area contributed by atoms with Gasteiger partial charge in [0, 0.05) is 0 Å². The van der Waals surface area contributed by atoms with E-state index in [0.717, 1.165) is 11.1 Å². The molecule has 3 nitrogen and oxygen atoms in total. The van der Waals surface area contributed by atoms with Gasteiger partial charge in [-0.05, 0) is 55.1 Å². The molecular weight excluding hydrogens is 202 g/mol. The molecule has 1 rings (SSSR count). The molecule has 0 amide bonds. The lowest BCUT2D eigenvalue weighted by Gasteiger charge is -2.16. The van der Waals surface area contributed by atoms with Crippen LogP contribution in [0.3, 0.4) is 0 Å². The second-order valence-corrected chi connectivity index (χ2v) is 4.14. The number of benzene rings is 1. The van der Waals surface area contributed by atoms with Crippen LogP contribution in [0.4, 0.5) is 0 Å². The van der Waals surface area contributed by atoms with Gasteiger partial charge in [0.25, 0.3) is 0 Å². The van der Waals surface area contributed by atoms with Gasteiger partial charge in [-0.1, -0.05) is 6.92 Å². The highest BCUT2D eigenvalue weighted by Crippen LogP contribution is 2.23. The summed E-state index contributed by atoms with van der Waals surface area (Å²) in [6.07, 6.45) is 0. The average Bonchev–Trinajstić information content (AvgIpc) is 2.30. The van der Waals surface area contributed by atoms with Crippen molar-refractivity contribution in [3.8, 4) is 0 Å². The van der Waals surface area contributed by atoms with E-state index in [2.05, 4.69) is 13.8 Å². The Balaban J connectivity index is 3.27. The van der Waals surface area contributed by atoms with E-state index in [1.165, 1.54) is 12.7 Å². The SMILES string of the molecule is COC(=O)c1cc(C)c(C)c(C(C)CN)c1. The van der Waals surface area contributed by atoms with Crippen molar-refractivity contribution in [2.45, 2.75) is 26.7 Å². The summed E-state index contributed by atoms with van der Waals surface area (Å²) in [5.74, 6) is -0.0446. The summed E-state index contributed by atoms with van der Waals surface area (Å²) in [7, 11) is 1.39. The predicted octanol–water partition coefficient (Wildman–Crippen LogP) is 2.15. The summed E-state index contributed by atoms with van der Waals surface area (Å²) in [5, 5.41) is 0. The van der Waals surface area contributed by atoms with Gasteiger partial charge in [-0.25, -0.2) is 4.79 Å². The highest BCUT2D eigenvalue weighted by Gasteiger charge is 2.14. The average molecular weight is 221 g/mol. The summed E-state index contributed by atoms with van der Waals surface area (Å²) >= 11 is 0. The molecule has 2 N–H and O–H groups in total. The largest absolute Gasteiger partial charge is 0.465 e. The number of rotatable bonds is 3. The Morgan fingerprint density at radius 2 is 2.06 bits per heavy atom. The molecule has 88 valence electrons. The van der Waals surface area contributed by atoms with E-state index >= 15 is 0 Å². The number of hydrogen-bond acceptors (Lipinski definition) is 3. The van der Waals surface area contributed by atoms with Crippen molar-refractivity contribution in [3.05, 3.63) is 34.4 Å².